The summed E-state index contributed by atoms with van der Waals surface area (Å²) in [6.07, 6.45) is 4.95. The Morgan fingerprint density at radius 3 is 1.50 bits per heavy atom. The van der Waals surface area contributed by atoms with Gasteiger partial charge >= 0.3 is 0 Å². The van der Waals surface area contributed by atoms with E-state index in [4.69, 9.17) is 28.4 Å². The third-order valence-electron chi connectivity index (χ3n) is 9.54. The van der Waals surface area contributed by atoms with Crippen LogP contribution in [0.15, 0.2) is 0 Å². The van der Waals surface area contributed by atoms with E-state index in [1.807, 2.05) is 37.5 Å². The summed E-state index contributed by atoms with van der Waals surface area (Å²) in [4.78, 5) is 27.6. The molecule has 0 unspecified atom stereocenters. The van der Waals surface area contributed by atoms with Gasteiger partial charge in [-0.2, -0.15) is 0 Å². The van der Waals surface area contributed by atoms with Gasteiger partial charge in [0, 0.05) is 37.8 Å². The topological polar surface area (TPSA) is 96.0 Å². The molecule has 0 bridgehead atoms. The highest BCUT2D eigenvalue weighted by Crippen LogP contribution is 2.52. The maximum absolute atomic E-state index is 11.8. The summed E-state index contributed by atoms with van der Waals surface area (Å²) in [5, 5.41) is 0. The van der Waals surface area contributed by atoms with Gasteiger partial charge in [-0.3, -0.25) is 9.59 Å². The first-order valence-corrected chi connectivity index (χ1v) is 13.6. The molecule has 10 heteroatoms. The molecule has 8 rings (SSSR count). The van der Waals surface area contributed by atoms with Crippen molar-refractivity contribution in [1.82, 2.24) is 9.80 Å². The smallest absolute Gasteiger partial charge is 0.222 e. The van der Waals surface area contributed by atoms with Crippen LogP contribution in [0.3, 0.4) is 0 Å². The summed E-state index contributed by atoms with van der Waals surface area (Å²) in [5.41, 5.74) is -0.648. The lowest BCUT2D eigenvalue weighted by Crippen LogP contribution is -2.59. The van der Waals surface area contributed by atoms with Gasteiger partial charge in [-0.1, -0.05) is 0 Å². The van der Waals surface area contributed by atoms with Crippen molar-refractivity contribution in [2.45, 2.75) is 125 Å². The molecule has 2 amide bonds. The van der Waals surface area contributed by atoms with Crippen LogP contribution in [0.5, 0.6) is 0 Å². The van der Waals surface area contributed by atoms with E-state index in [2.05, 4.69) is 0 Å². The normalized spacial score (nSPS) is 49.1. The highest BCUT2D eigenvalue weighted by molar-refractivity contribution is 5.79. The van der Waals surface area contributed by atoms with Crippen LogP contribution in [0, 0.1) is 0 Å². The van der Waals surface area contributed by atoms with Gasteiger partial charge in [0.2, 0.25) is 11.8 Å². The standard InChI is InChI=1S/2C13H19NO4/c2*1-12(2)17-10-7-16-9-6-14-8(3-4-11(14)15)5-13(9,10)18-12/h2*8-10H,3-7H2,1-2H3/t2*8-,9+,10-,13+/m00/s1. The number of rotatable bonds is 0. The minimum Gasteiger partial charge on any atom is -0.370 e. The number of carbonyl (C=O) groups excluding carboxylic acids is 2. The predicted molar refractivity (Wildman–Crippen MR) is 124 cm³/mol. The maximum atomic E-state index is 11.8. The Balaban J connectivity index is 0.000000122. The second-order valence-corrected chi connectivity index (χ2v) is 12.7. The predicted octanol–water partition coefficient (Wildman–Crippen LogP) is 1.34. The number of carbonyl (C=O) groups is 2. The van der Waals surface area contributed by atoms with E-state index in [0.29, 0.717) is 51.2 Å². The fourth-order valence-corrected chi connectivity index (χ4v) is 8.19. The molecule has 0 radical (unpaired) electrons. The summed E-state index contributed by atoms with van der Waals surface area (Å²) in [6, 6.07) is 0.630. The highest BCUT2D eigenvalue weighted by atomic mass is 16.8. The van der Waals surface area contributed by atoms with E-state index in [9.17, 15) is 9.59 Å². The van der Waals surface area contributed by atoms with Gasteiger partial charge in [-0.05, 0) is 40.5 Å². The van der Waals surface area contributed by atoms with Crippen molar-refractivity contribution in [3.05, 3.63) is 0 Å². The van der Waals surface area contributed by atoms with Gasteiger partial charge < -0.3 is 38.2 Å². The molecule has 8 aliphatic rings. The Bertz CT molecular complexity index is 896. The number of fused-ring (bicyclic) bond motifs is 2. The molecule has 8 fully saturated rings. The fraction of sp³-hybridized carbons (Fsp3) is 0.923. The average Bonchev–Trinajstić information content (AvgIpc) is 3.58. The molecule has 8 saturated heterocycles. The van der Waals surface area contributed by atoms with Gasteiger partial charge in [0.05, 0.1) is 26.3 Å². The van der Waals surface area contributed by atoms with Gasteiger partial charge in [0.25, 0.3) is 0 Å². The molecule has 0 N–H and O–H groups in total. The summed E-state index contributed by atoms with van der Waals surface area (Å²) in [5.74, 6) is -0.533. The van der Waals surface area contributed by atoms with Crippen LogP contribution in [-0.4, -0.2) is 107 Å². The lowest BCUT2D eigenvalue weighted by Gasteiger charge is -2.44. The summed E-state index contributed by atoms with van der Waals surface area (Å²) >= 11 is 0. The van der Waals surface area contributed by atoms with E-state index in [-0.39, 0.29) is 47.4 Å². The first-order valence-electron chi connectivity index (χ1n) is 13.6. The fourth-order valence-electron chi connectivity index (χ4n) is 8.19. The van der Waals surface area contributed by atoms with E-state index in [0.717, 1.165) is 25.7 Å². The minimum atomic E-state index is -0.530. The van der Waals surface area contributed by atoms with Gasteiger partial charge in [0.15, 0.2) is 11.6 Å². The van der Waals surface area contributed by atoms with Crippen molar-refractivity contribution in [2.75, 3.05) is 26.3 Å². The second kappa shape index (κ2) is 7.64. The third-order valence-corrected chi connectivity index (χ3v) is 9.54. The van der Waals surface area contributed by atoms with Crippen LogP contribution < -0.4 is 0 Å². The molecule has 8 atom stereocenters. The lowest BCUT2D eigenvalue weighted by molar-refractivity contribution is -0.211. The molecule has 0 saturated carbocycles. The van der Waals surface area contributed by atoms with Crippen LogP contribution in [-0.2, 0) is 38.0 Å². The van der Waals surface area contributed by atoms with E-state index >= 15 is 0 Å². The zero-order chi connectivity index (χ0) is 25.1. The van der Waals surface area contributed by atoms with Crippen molar-refractivity contribution in [2.24, 2.45) is 0 Å². The van der Waals surface area contributed by atoms with E-state index < -0.39 is 11.6 Å². The van der Waals surface area contributed by atoms with Crippen LogP contribution in [0.25, 0.3) is 0 Å². The Kier molecular flexibility index (Phi) is 5.05. The second-order valence-electron chi connectivity index (χ2n) is 12.7. The largest absolute Gasteiger partial charge is 0.370 e. The van der Waals surface area contributed by atoms with Gasteiger partial charge in [-0.25, -0.2) is 0 Å². The third kappa shape index (κ3) is 3.37. The number of nitrogens with zero attached hydrogens (tertiary/aromatic N) is 2. The van der Waals surface area contributed by atoms with Gasteiger partial charge in [-0.15, -0.1) is 0 Å². The van der Waals surface area contributed by atoms with Crippen LogP contribution in [0.4, 0.5) is 0 Å². The molecule has 0 aromatic carbocycles. The first kappa shape index (κ1) is 23.8. The highest BCUT2D eigenvalue weighted by Gasteiger charge is 2.67. The van der Waals surface area contributed by atoms with E-state index in [1.165, 1.54) is 0 Å². The van der Waals surface area contributed by atoms with Crippen LogP contribution in [0.2, 0.25) is 0 Å². The number of amides is 2. The molecule has 0 aromatic heterocycles. The van der Waals surface area contributed by atoms with Crippen molar-refractivity contribution in [1.29, 1.82) is 0 Å². The lowest BCUT2D eigenvalue weighted by atomic mass is 9.82. The van der Waals surface area contributed by atoms with Crippen molar-refractivity contribution in [3.8, 4) is 0 Å². The molecular weight excluding hydrogens is 468 g/mol. The van der Waals surface area contributed by atoms with Gasteiger partial charge in [0.1, 0.15) is 35.6 Å². The Morgan fingerprint density at radius 2 is 1.08 bits per heavy atom. The molecule has 36 heavy (non-hydrogen) atoms. The molecule has 0 aromatic rings. The number of hydrogen-bond donors (Lipinski definition) is 0. The minimum absolute atomic E-state index is 0.0235. The number of ether oxygens (including phenoxy) is 6. The zero-order valence-electron chi connectivity index (χ0n) is 21.7. The van der Waals surface area contributed by atoms with Crippen LogP contribution >= 0.6 is 0 Å². The number of piperidine rings is 2. The molecule has 8 aliphatic heterocycles. The van der Waals surface area contributed by atoms with Crippen molar-refractivity contribution < 1.29 is 38.0 Å². The van der Waals surface area contributed by atoms with Crippen LogP contribution in [0.1, 0.15) is 66.2 Å². The molecule has 2 spiro atoms. The first-order chi connectivity index (χ1) is 17.0. The van der Waals surface area contributed by atoms with Crippen molar-refractivity contribution >= 4 is 11.8 Å². The van der Waals surface area contributed by atoms with E-state index in [1.54, 1.807) is 0 Å². The summed E-state index contributed by atoms with van der Waals surface area (Å²) in [6.45, 7) is 10.4. The molecule has 10 nitrogen and oxygen atoms in total. The summed E-state index contributed by atoms with van der Waals surface area (Å²) in [7, 11) is 0. The average molecular weight is 507 g/mol. The number of hydrogen-bond acceptors (Lipinski definition) is 8. The molecule has 200 valence electrons. The van der Waals surface area contributed by atoms with Crippen molar-refractivity contribution in [3.63, 3.8) is 0 Å². The summed E-state index contributed by atoms with van der Waals surface area (Å²) < 4.78 is 36.0. The molecular formula is C26H38N2O8. The Hall–Kier alpha value is -1.30. The zero-order valence-corrected chi connectivity index (χ0v) is 21.7. The maximum Gasteiger partial charge on any atom is 0.222 e. The quantitative estimate of drug-likeness (QED) is 0.486. The Labute approximate surface area is 211 Å². The monoisotopic (exact) mass is 506 g/mol. The Morgan fingerprint density at radius 1 is 0.667 bits per heavy atom. The SMILES string of the molecule is CC1(C)O[C@H]2CO[C@@H]3CN4C(=O)CC[C@H]4C[C@]23O1.CC1(C)O[C@H]2CO[C@@H]3CN4C(=O)CC[C@H]4C[C@]23O1. The molecule has 0 aliphatic carbocycles. The molecule has 8 heterocycles.